The number of carbonyl (C=O) groups excluding carboxylic acids is 1. The molecule has 146 valence electrons. The number of rotatable bonds is 3. The minimum absolute atomic E-state index is 0.140. The Labute approximate surface area is 171 Å². The number of nitrogens with one attached hydrogen (secondary N) is 1. The Bertz CT molecular complexity index is 1200. The summed E-state index contributed by atoms with van der Waals surface area (Å²) in [5, 5.41) is 0.587. The fourth-order valence-corrected chi connectivity index (χ4v) is 4.00. The standard InChI is InChI=1S/C21H18ClN5O2/c1-29-15-5-2-13(3-6-15)20-19-16(23-12-24-19)8-9-27(20)21(28)17-11-26-10-14(22)4-7-18(26)25-17/h2-7,10-12,20H,8-9H2,1H3,(H,23,24). The number of benzene rings is 1. The molecule has 1 unspecified atom stereocenters. The van der Waals surface area contributed by atoms with Crippen LogP contribution in [0.15, 0.2) is 55.1 Å². The van der Waals surface area contributed by atoms with Crippen molar-refractivity contribution in [2.24, 2.45) is 0 Å². The number of halogens is 1. The van der Waals surface area contributed by atoms with Gasteiger partial charge < -0.3 is 19.0 Å². The lowest BCUT2D eigenvalue weighted by atomic mass is 9.95. The van der Waals surface area contributed by atoms with Gasteiger partial charge in [0.2, 0.25) is 0 Å². The van der Waals surface area contributed by atoms with E-state index in [1.165, 1.54) is 0 Å². The van der Waals surface area contributed by atoms with E-state index in [1.807, 2.05) is 29.2 Å². The van der Waals surface area contributed by atoms with Gasteiger partial charge in [0.15, 0.2) is 0 Å². The average Bonchev–Trinajstić information content (AvgIpc) is 3.39. The van der Waals surface area contributed by atoms with Gasteiger partial charge in [-0.15, -0.1) is 0 Å². The fourth-order valence-electron chi connectivity index (χ4n) is 3.83. The molecule has 1 aliphatic rings. The molecule has 4 heterocycles. The molecule has 1 aromatic carbocycles. The maximum absolute atomic E-state index is 13.4. The number of amides is 1. The van der Waals surface area contributed by atoms with Gasteiger partial charge in [-0.2, -0.15) is 0 Å². The van der Waals surface area contributed by atoms with Crippen molar-refractivity contribution >= 4 is 23.2 Å². The summed E-state index contributed by atoms with van der Waals surface area (Å²) in [5.41, 5.74) is 3.94. The maximum Gasteiger partial charge on any atom is 0.274 e. The minimum Gasteiger partial charge on any atom is -0.497 e. The van der Waals surface area contributed by atoms with Gasteiger partial charge in [0.25, 0.3) is 5.91 Å². The van der Waals surface area contributed by atoms with Crippen molar-refractivity contribution < 1.29 is 9.53 Å². The number of imidazole rings is 2. The first-order valence-corrected chi connectivity index (χ1v) is 9.63. The first-order valence-electron chi connectivity index (χ1n) is 9.25. The molecule has 0 bridgehead atoms. The second-order valence-corrected chi connectivity index (χ2v) is 7.37. The van der Waals surface area contributed by atoms with Crippen LogP contribution in [0.2, 0.25) is 5.02 Å². The molecule has 0 saturated carbocycles. The number of fused-ring (bicyclic) bond motifs is 2. The molecule has 8 heteroatoms. The number of pyridine rings is 1. The van der Waals surface area contributed by atoms with Gasteiger partial charge in [-0.25, -0.2) is 9.97 Å². The Morgan fingerprint density at radius 1 is 1.21 bits per heavy atom. The van der Waals surface area contributed by atoms with E-state index in [2.05, 4.69) is 15.0 Å². The number of nitrogens with zero attached hydrogens (tertiary/aromatic N) is 4. The molecule has 1 aliphatic heterocycles. The van der Waals surface area contributed by atoms with Gasteiger partial charge in [0.05, 0.1) is 24.2 Å². The lowest BCUT2D eigenvalue weighted by molar-refractivity contribution is 0.0685. The summed E-state index contributed by atoms with van der Waals surface area (Å²) >= 11 is 6.06. The average molecular weight is 408 g/mol. The van der Waals surface area contributed by atoms with Crippen molar-refractivity contribution in [3.05, 3.63) is 82.8 Å². The number of methoxy groups -OCH3 is 1. The van der Waals surface area contributed by atoms with Crippen LogP contribution in [0.25, 0.3) is 5.65 Å². The molecule has 0 spiro atoms. The van der Waals surface area contributed by atoms with E-state index in [0.717, 1.165) is 22.7 Å². The maximum atomic E-state index is 13.4. The van der Waals surface area contributed by atoms with Crippen LogP contribution < -0.4 is 4.74 Å². The SMILES string of the molecule is COc1ccc(C2c3nc[nH]c3CCN2C(=O)c2cn3cc(Cl)ccc3n2)cc1. The van der Waals surface area contributed by atoms with Crippen molar-refractivity contribution in [1.29, 1.82) is 0 Å². The quantitative estimate of drug-likeness (QED) is 0.564. The number of carbonyl (C=O) groups is 1. The fraction of sp³-hybridized carbons (Fsp3) is 0.190. The molecule has 0 fully saturated rings. The van der Waals surface area contributed by atoms with E-state index in [-0.39, 0.29) is 11.9 Å². The van der Waals surface area contributed by atoms with Crippen LogP contribution in [-0.4, -0.2) is 43.8 Å². The summed E-state index contributed by atoms with van der Waals surface area (Å²) in [5.74, 6) is 0.626. The number of aromatic amines is 1. The Morgan fingerprint density at radius 3 is 2.83 bits per heavy atom. The topological polar surface area (TPSA) is 75.5 Å². The molecule has 29 heavy (non-hydrogen) atoms. The first-order chi connectivity index (χ1) is 14.1. The van der Waals surface area contributed by atoms with E-state index in [4.69, 9.17) is 16.3 Å². The second kappa shape index (κ2) is 6.93. The highest BCUT2D eigenvalue weighted by Gasteiger charge is 2.35. The lowest BCUT2D eigenvalue weighted by Gasteiger charge is -2.35. The van der Waals surface area contributed by atoms with Crippen LogP contribution in [0.4, 0.5) is 0 Å². The third-order valence-electron chi connectivity index (χ3n) is 5.25. The molecule has 5 rings (SSSR count). The van der Waals surface area contributed by atoms with Crippen molar-refractivity contribution in [3.63, 3.8) is 0 Å². The molecule has 4 aromatic rings. The summed E-state index contributed by atoms with van der Waals surface area (Å²) < 4.78 is 7.04. The van der Waals surface area contributed by atoms with Crippen molar-refractivity contribution in [3.8, 4) is 5.75 Å². The Balaban J connectivity index is 1.56. The molecule has 0 radical (unpaired) electrons. The molecule has 1 amide bonds. The van der Waals surface area contributed by atoms with Crippen LogP contribution >= 0.6 is 11.6 Å². The van der Waals surface area contributed by atoms with E-state index in [0.29, 0.717) is 29.3 Å². The Hall–Kier alpha value is -3.32. The number of ether oxygens (including phenoxy) is 1. The molecule has 1 N–H and O–H groups in total. The molecule has 7 nitrogen and oxygen atoms in total. The van der Waals surface area contributed by atoms with E-state index < -0.39 is 0 Å². The molecular weight excluding hydrogens is 390 g/mol. The van der Waals surface area contributed by atoms with Crippen molar-refractivity contribution in [2.45, 2.75) is 12.5 Å². The molecule has 3 aromatic heterocycles. The highest BCUT2D eigenvalue weighted by atomic mass is 35.5. The monoisotopic (exact) mass is 407 g/mol. The summed E-state index contributed by atoms with van der Waals surface area (Å²) in [7, 11) is 1.63. The molecule has 1 atom stereocenters. The van der Waals surface area contributed by atoms with Gasteiger partial charge >= 0.3 is 0 Å². The van der Waals surface area contributed by atoms with Crippen LogP contribution in [0.3, 0.4) is 0 Å². The number of hydrogen-bond donors (Lipinski definition) is 1. The van der Waals surface area contributed by atoms with Gasteiger partial charge in [-0.1, -0.05) is 23.7 Å². The second-order valence-electron chi connectivity index (χ2n) is 6.93. The third-order valence-corrected chi connectivity index (χ3v) is 5.48. The molecule has 0 saturated heterocycles. The van der Waals surface area contributed by atoms with Gasteiger partial charge in [0, 0.05) is 31.1 Å². The highest BCUT2D eigenvalue weighted by Crippen LogP contribution is 2.35. The van der Waals surface area contributed by atoms with Gasteiger partial charge in [-0.3, -0.25) is 4.79 Å². The Morgan fingerprint density at radius 2 is 2.03 bits per heavy atom. The van der Waals surface area contributed by atoms with Crippen LogP contribution in [0.1, 0.15) is 33.5 Å². The van der Waals surface area contributed by atoms with E-state index in [9.17, 15) is 4.79 Å². The predicted molar refractivity (Wildman–Crippen MR) is 108 cm³/mol. The summed E-state index contributed by atoms with van der Waals surface area (Å²) in [6.45, 7) is 0.569. The summed E-state index contributed by atoms with van der Waals surface area (Å²) in [4.78, 5) is 27.5. The van der Waals surface area contributed by atoms with Crippen LogP contribution in [-0.2, 0) is 6.42 Å². The first kappa shape index (κ1) is 17.8. The lowest BCUT2D eigenvalue weighted by Crippen LogP contribution is -2.41. The number of aromatic nitrogens is 4. The number of H-pyrrole nitrogens is 1. The summed E-state index contributed by atoms with van der Waals surface area (Å²) in [6, 6.07) is 11.0. The van der Waals surface area contributed by atoms with Crippen molar-refractivity contribution in [1.82, 2.24) is 24.3 Å². The zero-order valence-electron chi connectivity index (χ0n) is 15.7. The van der Waals surface area contributed by atoms with Gasteiger partial charge in [0.1, 0.15) is 23.1 Å². The third kappa shape index (κ3) is 3.03. The smallest absolute Gasteiger partial charge is 0.274 e. The van der Waals surface area contributed by atoms with E-state index in [1.54, 1.807) is 42.4 Å². The van der Waals surface area contributed by atoms with Gasteiger partial charge in [-0.05, 0) is 29.8 Å². The van der Waals surface area contributed by atoms with Crippen molar-refractivity contribution in [2.75, 3.05) is 13.7 Å². The highest BCUT2D eigenvalue weighted by molar-refractivity contribution is 6.30. The Kier molecular flexibility index (Phi) is 4.24. The van der Waals surface area contributed by atoms with Crippen LogP contribution in [0.5, 0.6) is 5.75 Å². The zero-order chi connectivity index (χ0) is 20.0. The minimum atomic E-state index is -0.295. The molecule has 0 aliphatic carbocycles. The zero-order valence-corrected chi connectivity index (χ0v) is 16.4. The largest absolute Gasteiger partial charge is 0.497 e. The van der Waals surface area contributed by atoms with Crippen LogP contribution in [0, 0.1) is 0 Å². The predicted octanol–water partition coefficient (Wildman–Crippen LogP) is 3.51. The number of hydrogen-bond acceptors (Lipinski definition) is 4. The normalized spacial score (nSPS) is 16.1. The summed E-state index contributed by atoms with van der Waals surface area (Å²) in [6.07, 6.45) is 5.85. The van der Waals surface area contributed by atoms with E-state index >= 15 is 0 Å². The molecular formula is C21H18ClN5O2.